The van der Waals surface area contributed by atoms with Gasteiger partial charge in [0, 0.05) is 30.6 Å². The first-order valence-corrected chi connectivity index (χ1v) is 7.35. The normalized spacial score (nSPS) is 20.0. The van der Waals surface area contributed by atoms with Gasteiger partial charge in [0.05, 0.1) is 5.75 Å². The maximum atomic E-state index is 11.8. The Morgan fingerprint density at radius 1 is 1.53 bits per heavy atom. The summed E-state index contributed by atoms with van der Waals surface area (Å²) in [5.41, 5.74) is 0.131. The van der Waals surface area contributed by atoms with Crippen LogP contribution in [0.3, 0.4) is 0 Å². The number of aryl methyl sites for hydroxylation is 1. The maximum Gasteiger partial charge on any atom is 0.252 e. The second-order valence-electron chi connectivity index (χ2n) is 4.61. The molecular formula is C10H14N4O4S. The Morgan fingerprint density at radius 3 is 2.79 bits per heavy atom. The van der Waals surface area contributed by atoms with Gasteiger partial charge in [-0.3, -0.25) is 19.5 Å². The topological polar surface area (TPSA) is 126 Å². The smallest absolute Gasteiger partial charge is 0.252 e. The second kappa shape index (κ2) is 4.74. The highest BCUT2D eigenvalue weighted by atomic mass is 32.2. The molecule has 1 fully saturated rings. The number of rotatable bonds is 3. The quantitative estimate of drug-likeness (QED) is 0.715. The molecule has 19 heavy (non-hydrogen) atoms. The summed E-state index contributed by atoms with van der Waals surface area (Å²) in [4.78, 5) is 31.0. The first kappa shape index (κ1) is 13.7. The SMILES string of the molecule is Cc1cc(=O)[nH]c(N2CC(CS(N)(=O)=O)CC2=O)n1. The minimum absolute atomic E-state index is 0.0775. The molecule has 0 saturated carbocycles. The van der Waals surface area contributed by atoms with Gasteiger partial charge in [0.15, 0.2) is 0 Å². The molecule has 8 nitrogen and oxygen atoms in total. The number of aromatic amines is 1. The van der Waals surface area contributed by atoms with Crippen LogP contribution in [0.5, 0.6) is 0 Å². The Bertz CT molecular complexity index is 666. The first-order valence-electron chi connectivity index (χ1n) is 5.63. The number of aromatic nitrogens is 2. The van der Waals surface area contributed by atoms with E-state index in [4.69, 9.17) is 5.14 Å². The lowest BCUT2D eigenvalue weighted by atomic mass is 10.1. The molecule has 0 aromatic carbocycles. The Hall–Kier alpha value is -1.74. The Morgan fingerprint density at radius 2 is 2.21 bits per heavy atom. The van der Waals surface area contributed by atoms with E-state index in [1.165, 1.54) is 11.0 Å². The summed E-state index contributed by atoms with van der Waals surface area (Å²) >= 11 is 0. The highest BCUT2D eigenvalue weighted by molar-refractivity contribution is 7.89. The van der Waals surface area contributed by atoms with Crippen LogP contribution in [0.15, 0.2) is 10.9 Å². The van der Waals surface area contributed by atoms with Crippen LogP contribution in [-0.4, -0.2) is 36.6 Å². The molecule has 0 bridgehead atoms. The highest BCUT2D eigenvalue weighted by Crippen LogP contribution is 2.22. The summed E-state index contributed by atoms with van der Waals surface area (Å²) in [7, 11) is -3.62. The Labute approximate surface area is 109 Å². The van der Waals surface area contributed by atoms with Gasteiger partial charge in [-0.25, -0.2) is 18.5 Å². The fourth-order valence-corrected chi connectivity index (χ4v) is 3.00. The van der Waals surface area contributed by atoms with Gasteiger partial charge in [-0.2, -0.15) is 0 Å². The van der Waals surface area contributed by atoms with E-state index in [2.05, 4.69) is 9.97 Å². The van der Waals surface area contributed by atoms with Crippen LogP contribution in [0.4, 0.5) is 5.95 Å². The van der Waals surface area contributed by atoms with Crippen LogP contribution >= 0.6 is 0 Å². The largest absolute Gasteiger partial charge is 0.292 e. The van der Waals surface area contributed by atoms with Crippen LogP contribution in [0.2, 0.25) is 0 Å². The van der Waals surface area contributed by atoms with Gasteiger partial charge in [-0.1, -0.05) is 0 Å². The predicted molar refractivity (Wildman–Crippen MR) is 68.0 cm³/mol. The molecule has 2 heterocycles. The Balaban J connectivity index is 2.22. The fraction of sp³-hybridized carbons (Fsp3) is 0.500. The molecule has 1 aromatic rings. The minimum atomic E-state index is -3.62. The van der Waals surface area contributed by atoms with E-state index in [0.29, 0.717) is 5.69 Å². The fourth-order valence-electron chi connectivity index (χ4n) is 2.12. The number of hydrogen-bond donors (Lipinski definition) is 2. The average Bonchev–Trinajstić information content (AvgIpc) is 2.54. The van der Waals surface area contributed by atoms with E-state index < -0.39 is 10.0 Å². The van der Waals surface area contributed by atoms with E-state index in [1.807, 2.05) is 0 Å². The van der Waals surface area contributed by atoms with Gasteiger partial charge < -0.3 is 0 Å². The minimum Gasteiger partial charge on any atom is -0.292 e. The predicted octanol–water partition coefficient (Wildman–Crippen LogP) is -1.28. The van der Waals surface area contributed by atoms with Crippen molar-refractivity contribution in [3.05, 3.63) is 22.1 Å². The zero-order chi connectivity index (χ0) is 14.2. The van der Waals surface area contributed by atoms with Crippen molar-refractivity contribution in [2.75, 3.05) is 17.2 Å². The van der Waals surface area contributed by atoms with Gasteiger partial charge in [0.2, 0.25) is 21.9 Å². The molecule has 1 saturated heterocycles. The summed E-state index contributed by atoms with van der Waals surface area (Å²) in [6.07, 6.45) is 0.0775. The van der Waals surface area contributed by atoms with Gasteiger partial charge in [0.25, 0.3) is 5.56 Å². The van der Waals surface area contributed by atoms with Crippen LogP contribution in [0.1, 0.15) is 12.1 Å². The standard InChI is InChI=1S/C10H14N4O4S/c1-6-2-8(15)13-10(12-6)14-4-7(3-9(14)16)5-19(11,17)18/h2,7H,3-5H2,1H3,(H2,11,17,18)(H,12,13,15). The molecule has 0 spiro atoms. The summed E-state index contributed by atoms with van der Waals surface area (Å²) in [5.74, 6) is -0.770. The van der Waals surface area contributed by atoms with Gasteiger partial charge >= 0.3 is 0 Å². The zero-order valence-electron chi connectivity index (χ0n) is 10.3. The molecule has 1 aliphatic heterocycles. The van der Waals surface area contributed by atoms with Crippen molar-refractivity contribution >= 4 is 21.9 Å². The van der Waals surface area contributed by atoms with Gasteiger partial charge in [-0.05, 0) is 6.92 Å². The number of nitrogens with two attached hydrogens (primary N) is 1. The highest BCUT2D eigenvalue weighted by Gasteiger charge is 2.34. The summed E-state index contributed by atoms with van der Waals surface area (Å²) < 4.78 is 22.0. The van der Waals surface area contributed by atoms with Gasteiger partial charge in [0.1, 0.15) is 0 Å². The number of carbonyl (C=O) groups excluding carboxylic acids is 1. The van der Waals surface area contributed by atoms with Crippen LogP contribution in [0.25, 0.3) is 0 Å². The third-order valence-corrected chi connectivity index (χ3v) is 3.72. The average molecular weight is 286 g/mol. The molecule has 9 heteroatoms. The lowest BCUT2D eigenvalue weighted by Crippen LogP contribution is -2.30. The molecule has 2 rings (SSSR count). The van der Waals surface area contributed by atoms with Crippen molar-refractivity contribution in [3.8, 4) is 0 Å². The van der Waals surface area contributed by atoms with Crippen molar-refractivity contribution in [1.82, 2.24) is 9.97 Å². The summed E-state index contributed by atoms with van der Waals surface area (Å²) in [5, 5.41) is 4.96. The lowest BCUT2D eigenvalue weighted by Gasteiger charge is -2.14. The van der Waals surface area contributed by atoms with Crippen molar-refractivity contribution < 1.29 is 13.2 Å². The number of anilines is 1. The molecule has 1 unspecified atom stereocenters. The third kappa shape index (κ3) is 3.38. The molecule has 104 valence electrons. The molecule has 0 radical (unpaired) electrons. The molecule has 1 atom stereocenters. The Kier molecular flexibility index (Phi) is 3.42. The monoisotopic (exact) mass is 286 g/mol. The summed E-state index contributed by atoms with van der Waals surface area (Å²) in [6, 6.07) is 1.31. The van der Waals surface area contributed by atoms with E-state index in [1.54, 1.807) is 6.92 Å². The lowest BCUT2D eigenvalue weighted by molar-refractivity contribution is -0.117. The van der Waals surface area contributed by atoms with Crippen LogP contribution in [-0.2, 0) is 14.8 Å². The van der Waals surface area contributed by atoms with E-state index >= 15 is 0 Å². The molecule has 1 amide bonds. The number of nitrogens with zero attached hydrogens (tertiary/aromatic N) is 2. The third-order valence-electron chi connectivity index (χ3n) is 2.79. The molecule has 0 aliphatic carbocycles. The number of sulfonamides is 1. The molecule has 3 N–H and O–H groups in total. The zero-order valence-corrected chi connectivity index (χ0v) is 11.1. The number of primary sulfonamides is 1. The van der Waals surface area contributed by atoms with Crippen molar-refractivity contribution in [1.29, 1.82) is 0 Å². The summed E-state index contributed by atoms with van der Waals surface area (Å²) in [6.45, 7) is 1.82. The van der Waals surface area contributed by atoms with E-state index in [9.17, 15) is 18.0 Å². The number of amides is 1. The van der Waals surface area contributed by atoms with Crippen molar-refractivity contribution in [3.63, 3.8) is 0 Å². The van der Waals surface area contributed by atoms with Crippen molar-refractivity contribution in [2.24, 2.45) is 11.1 Å². The van der Waals surface area contributed by atoms with E-state index in [0.717, 1.165) is 0 Å². The number of H-pyrrole nitrogens is 1. The van der Waals surface area contributed by atoms with Crippen LogP contribution in [0, 0.1) is 12.8 Å². The van der Waals surface area contributed by atoms with Gasteiger partial charge in [-0.15, -0.1) is 0 Å². The molecular weight excluding hydrogens is 272 g/mol. The number of carbonyl (C=O) groups is 1. The van der Waals surface area contributed by atoms with E-state index in [-0.39, 0.29) is 42.1 Å². The number of nitrogens with one attached hydrogen (secondary N) is 1. The van der Waals surface area contributed by atoms with Crippen LogP contribution < -0.4 is 15.6 Å². The second-order valence-corrected chi connectivity index (χ2v) is 6.27. The van der Waals surface area contributed by atoms with Crippen molar-refractivity contribution in [2.45, 2.75) is 13.3 Å². The number of hydrogen-bond acceptors (Lipinski definition) is 5. The molecule has 1 aliphatic rings. The first-order chi connectivity index (χ1) is 8.74. The molecule has 1 aromatic heterocycles. The maximum absolute atomic E-state index is 11.8.